The lowest BCUT2D eigenvalue weighted by Gasteiger charge is -2.18. The van der Waals surface area contributed by atoms with Crippen LogP contribution in [0, 0.1) is 10.1 Å². The van der Waals surface area contributed by atoms with Crippen LogP contribution in [-0.4, -0.2) is 47.2 Å². The molecule has 0 radical (unpaired) electrons. The highest BCUT2D eigenvalue weighted by atomic mass is 16.6. The number of hydrogen-bond donors (Lipinski definition) is 2. The molecule has 2 fully saturated rings. The number of nitrogens with two attached hydrogens (primary N) is 1. The Bertz CT molecular complexity index is 555. The molecule has 1 aromatic rings. The number of anilines is 3. The van der Waals surface area contributed by atoms with E-state index >= 15 is 0 Å². The predicted molar refractivity (Wildman–Crippen MR) is 82.0 cm³/mol. The average molecular weight is 308 g/mol. The molecule has 3 heterocycles. The molecule has 9 heteroatoms. The van der Waals surface area contributed by atoms with Crippen molar-refractivity contribution in [3.63, 3.8) is 0 Å². The van der Waals surface area contributed by atoms with Crippen LogP contribution in [0.3, 0.4) is 0 Å². The van der Waals surface area contributed by atoms with Gasteiger partial charge in [0.2, 0.25) is 17.6 Å². The van der Waals surface area contributed by atoms with Gasteiger partial charge < -0.3 is 20.7 Å². The van der Waals surface area contributed by atoms with E-state index in [-0.39, 0.29) is 17.6 Å². The predicted octanol–water partition coefficient (Wildman–Crippen LogP) is 1.16. The van der Waals surface area contributed by atoms with E-state index < -0.39 is 4.92 Å². The smallest absolute Gasteiger partial charge is 0.353 e. The second-order valence-electron chi connectivity index (χ2n) is 5.57. The maximum Gasteiger partial charge on any atom is 0.353 e. The molecule has 2 aliphatic rings. The van der Waals surface area contributed by atoms with Gasteiger partial charge in [0, 0.05) is 26.2 Å². The lowest BCUT2D eigenvalue weighted by atomic mass is 10.2. The zero-order valence-corrected chi connectivity index (χ0v) is 12.3. The fraction of sp³-hybridized carbons (Fsp3) is 0.692. The first-order valence-electron chi connectivity index (χ1n) is 7.57. The van der Waals surface area contributed by atoms with Gasteiger partial charge in [-0.15, -0.1) is 0 Å². The van der Waals surface area contributed by atoms with Crippen LogP contribution in [0.1, 0.15) is 25.7 Å². The number of nitrogen functional groups attached to an aromatic ring is 1. The Labute approximate surface area is 128 Å². The summed E-state index contributed by atoms with van der Waals surface area (Å²) in [6.45, 7) is 2.86. The average Bonchev–Trinajstić information content (AvgIpc) is 3.17. The SMILES string of the molecule is Nc1nc(NC[C@@H]2CCCO2)nc(N2CCCC2)c1[N+](=O)[O-]. The van der Waals surface area contributed by atoms with Crippen LogP contribution in [0.4, 0.5) is 23.3 Å². The number of ether oxygens (including phenoxy) is 1. The van der Waals surface area contributed by atoms with Crippen molar-refractivity contribution in [3.05, 3.63) is 10.1 Å². The van der Waals surface area contributed by atoms with Gasteiger partial charge in [-0.2, -0.15) is 9.97 Å². The minimum atomic E-state index is -0.507. The van der Waals surface area contributed by atoms with Crippen LogP contribution >= 0.6 is 0 Å². The summed E-state index contributed by atoms with van der Waals surface area (Å²) >= 11 is 0. The topological polar surface area (TPSA) is 119 Å². The molecule has 0 unspecified atom stereocenters. The van der Waals surface area contributed by atoms with E-state index in [1.165, 1.54) is 0 Å². The van der Waals surface area contributed by atoms with Crippen molar-refractivity contribution in [2.75, 3.05) is 42.2 Å². The van der Waals surface area contributed by atoms with Crippen molar-refractivity contribution in [3.8, 4) is 0 Å². The second kappa shape index (κ2) is 6.30. The highest BCUT2D eigenvalue weighted by Gasteiger charge is 2.29. The lowest BCUT2D eigenvalue weighted by Crippen LogP contribution is -2.24. The van der Waals surface area contributed by atoms with Gasteiger partial charge in [-0.1, -0.05) is 0 Å². The summed E-state index contributed by atoms with van der Waals surface area (Å²) in [4.78, 5) is 21.0. The molecule has 0 spiro atoms. The first-order valence-corrected chi connectivity index (χ1v) is 7.57. The third-order valence-corrected chi connectivity index (χ3v) is 3.99. The van der Waals surface area contributed by atoms with E-state index in [2.05, 4.69) is 15.3 Å². The number of nitrogens with zero attached hydrogens (tertiary/aromatic N) is 4. The third-order valence-electron chi connectivity index (χ3n) is 3.99. The van der Waals surface area contributed by atoms with Crippen molar-refractivity contribution >= 4 is 23.3 Å². The van der Waals surface area contributed by atoms with Crippen molar-refractivity contribution < 1.29 is 9.66 Å². The molecular formula is C13H20N6O3. The van der Waals surface area contributed by atoms with Gasteiger partial charge in [0.05, 0.1) is 11.0 Å². The Morgan fingerprint density at radius 3 is 2.77 bits per heavy atom. The molecule has 22 heavy (non-hydrogen) atoms. The largest absolute Gasteiger partial charge is 0.378 e. The van der Waals surface area contributed by atoms with Gasteiger partial charge in [0.15, 0.2) is 0 Å². The summed E-state index contributed by atoms with van der Waals surface area (Å²) in [6.07, 6.45) is 4.18. The van der Waals surface area contributed by atoms with Gasteiger partial charge in [-0.3, -0.25) is 10.1 Å². The number of rotatable bonds is 5. The number of nitrogens with one attached hydrogen (secondary N) is 1. The summed E-state index contributed by atoms with van der Waals surface area (Å²) in [5.41, 5.74) is 5.58. The molecule has 1 atom stereocenters. The fourth-order valence-electron chi connectivity index (χ4n) is 2.87. The van der Waals surface area contributed by atoms with Gasteiger partial charge in [-0.25, -0.2) is 0 Å². The van der Waals surface area contributed by atoms with E-state index in [0.717, 1.165) is 45.4 Å². The normalized spacial score (nSPS) is 21.3. The summed E-state index contributed by atoms with van der Waals surface area (Å²) in [7, 11) is 0. The van der Waals surface area contributed by atoms with E-state index in [1.54, 1.807) is 0 Å². The van der Waals surface area contributed by atoms with E-state index in [9.17, 15) is 10.1 Å². The highest BCUT2D eigenvalue weighted by Crippen LogP contribution is 2.33. The lowest BCUT2D eigenvalue weighted by molar-refractivity contribution is -0.383. The Morgan fingerprint density at radius 1 is 1.36 bits per heavy atom. The Balaban J connectivity index is 1.82. The van der Waals surface area contributed by atoms with Crippen LogP contribution in [0.15, 0.2) is 0 Å². The van der Waals surface area contributed by atoms with Gasteiger partial charge in [-0.05, 0) is 25.7 Å². The minimum Gasteiger partial charge on any atom is -0.378 e. The van der Waals surface area contributed by atoms with Crippen LogP contribution in [0.2, 0.25) is 0 Å². The first kappa shape index (κ1) is 14.8. The molecule has 0 aromatic carbocycles. The zero-order valence-electron chi connectivity index (χ0n) is 12.3. The number of hydrogen-bond acceptors (Lipinski definition) is 8. The van der Waals surface area contributed by atoms with Crippen LogP contribution in [0.5, 0.6) is 0 Å². The molecule has 3 N–H and O–H groups in total. The molecule has 2 aliphatic heterocycles. The third kappa shape index (κ3) is 3.03. The summed E-state index contributed by atoms with van der Waals surface area (Å²) in [6, 6.07) is 0. The Kier molecular flexibility index (Phi) is 4.23. The Morgan fingerprint density at radius 2 is 2.14 bits per heavy atom. The van der Waals surface area contributed by atoms with Gasteiger partial charge >= 0.3 is 5.69 Å². The molecule has 0 saturated carbocycles. The molecule has 120 valence electrons. The minimum absolute atomic E-state index is 0.100. The maximum atomic E-state index is 11.3. The van der Waals surface area contributed by atoms with E-state index in [1.807, 2.05) is 4.90 Å². The summed E-state index contributed by atoms with van der Waals surface area (Å²) < 4.78 is 5.53. The molecule has 2 saturated heterocycles. The quantitative estimate of drug-likeness (QED) is 0.614. The van der Waals surface area contributed by atoms with Crippen molar-refractivity contribution in [2.45, 2.75) is 31.8 Å². The standard InChI is InChI=1S/C13H20N6O3/c14-11-10(19(20)21)12(18-5-1-2-6-18)17-13(16-11)15-8-9-4-3-7-22-9/h9H,1-8H2,(H3,14,15,16,17)/t9-/m0/s1. The van der Waals surface area contributed by atoms with Gasteiger partial charge in [0.1, 0.15) is 0 Å². The highest BCUT2D eigenvalue weighted by molar-refractivity contribution is 5.71. The van der Waals surface area contributed by atoms with Crippen LogP contribution in [0.25, 0.3) is 0 Å². The van der Waals surface area contributed by atoms with E-state index in [0.29, 0.717) is 18.3 Å². The van der Waals surface area contributed by atoms with Crippen LogP contribution in [-0.2, 0) is 4.74 Å². The van der Waals surface area contributed by atoms with Crippen LogP contribution < -0.4 is 16.0 Å². The number of aromatic nitrogens is 2. The monoisotopic (exact) mass is 308 g/mol. The molecule has 0 amide bonds. The molecule has 3 rings (SSSR count). The van der Waals surface area contributed by atoms with Crippen molar-refractivity contribution in [2.24, 2.45) is 0 Å². The van der Waals surface area contributed by atoms with Crippen molar-refractivity contribution in [1.29, 1.82) is 0 Å². The maximum absolute atomic E-state index is 11.3. The van der Waals surface area contributed by atoms with Crippen molar-refractivity contribution in [1.82, 2.24) is 9.97 Å². The molecule has 0 aliphatic carbocycles. The fourth-order valence-corrected chi connectivity index (χ4v) is 2.87. The Hall–Kier alpha value is -2.16. The van der Waals surface area contributed by atoms with E-state index in [4.69, 9.17) is 10.5 Å². The summed E-state index contributed by atoms with van der Waals surface area (Å²) in [5, 5.41) is 14.3. The van der Waals surface area contributed by atoms with Gasteiger partial charge in [0.25, 0.3) is 0 Å². The molecular weight excluding hydrogens is 288 g/mol. The zero-order chi connectivity index (χ0) is 15.5. The molecule has 0 bridgehead atoms. The summed E-state index contributed by atoms with van der Waals surface area (Å²) in [5.74, 6) is 0.530. The first-order chi connectivity index (χ1) is 10.6. The second-order valence-corrected chi connectivity index (χ2v) is 5.57. The molecule has 9 nitrogen and oxygen atoms in total. The molecule has 1 aromatic heterocycles. The number of nitro groups is 1.